The van der Waals surface area contributed by atoms with Crippen molar-refractivity contribution in [1.29, 1.82) is 0 Å². The molecule has 6 nitrogen and oxygen atoms in total. The average Bonchev–Trinajstić information content (AvgIpc) is 2.69. The van der Waals surface area contributed by atoms with E-state index in [9.17, 15) is 15.2 Å². The van der Waals surface area contributed by atoms with Crippen LogP contribution in [0.25, 0.3) is 0 Å². The van der Waals surface area contributed by atoms with Crippen molar-refractivity contribution in [1.82, 2.24) is 0 Å². The first-order chi connectivity index (χ1) is 13.7. The summed E-state index contributed by atoms with van der Waals surface area (Å²) in [5.74, 6) is 1.07. The monoisotopic (exact) mass is 407 g/mol. The lowest BCUT2D eigenvalue weighted by Gasteiger charge is -2.39. The van der Waals surface area contributed by atoms with Crippen LogP contribution in [0.2, 0.25) is 0 Å². The van der Waals surface area contributed by atoms with Gasteiger partial charge in [0.2, 0.25) is 0 Å². The number of aliphatic hydroxyl groups excluding tert-OH is 1. The molecular weight excluding hydrogens is 368 g/mol. The van der Waals surface area contributed by atoms with Gasteiger partial charge in [-0.05, 0) is 58.9 Å². The van der Waals surface area contributed by atoms with Crippen molar-refractivity contribution in [2.75, 3.05) is 32.8 Å². The van der Waals surface area contributed by atoms with Crippen LogP contribution in [0.3, 0.4) is 0 Å². The van der Waals surface area contributed by atoms with E-state index >= 15 is 0 Å². The van der Waals surface area contributed by atoms with Crippen molar-refractivity contribution < 1.29 is 19.2 Å². The van der Waals surface area contributed by atoms with Crippen LogP contribution in [0.4, 0.5) is 5.69 Å². The quantitative estimate of drug-likeness (QED) is 0.205. The van der Waals surface area contributed by atoms with E-state index in [4.69, 9.17) is 4.74 Å². The van der Waals surface area contributed by atoms with E-state index in [1.807, 2.05) is 0 Å². The van der Waals surface area contributed by atoms with Gasteiger partial charge in [0.1, 0.15) is 25.0 Å². The fraction of sp³-hybridized carbons (Fsp3) is 0.652. The van der Waals surface area contributed by atoms with Crippen LogP contribution in [0.5, 0.6) is 5.75 Å². The van der Waals surface area contributed by atoms with E-state index in [-0.39, 0.29) is 12.3 Å². The number of ether oxygens (including phenoxy) is 1. The van der Waals surface area contributed by atoms with Gasteiger partial charge >= 0.3 is 0 Å². The SMILES string of the molecule is CC[N+](CC)(CCC(C)CCC=C(C)C)CC(O)COc1cccc([N+](=O)[O-])c1. The normalized spacial score (nSPS) is 13.6. The molecule has 0 aromatic heterocycles. The van der Waals surface area contributed by atoms with Crippen LogP contribution in [-0.2, 0) is 0 Å². The van der Waals surface area contributed by atoms with Crippen LogP contribution >= 0.6 is 0 Å². The lowest BCUT2D eigenvalue weighted by molar-refractivity contribution is -0.928. The maximum atomic E-state index is 10.9. The van der Waals surface area contributed by atoms with Crippen molar-refractivity contribution in [3.05, 3.63) is 46.0 Å². The molecule has 0 bridgehead atoms. The summed E-state index contributed by atoms with van der Waals surface area (Å²) in [6, 6.07) is 6.09. The predicted octanol–water partition coefficient (Wildman–Crippen LogP) is 4.96. The number of hydrogen-bond acceptors (Lipinski definition) is 4. The number of nitrogens with zero attached hydrogens (tertiary/aromatic N) is 2. The van der Waals surface area contributed by atoms with Gasteiger partial charge in [0.25, 0.3) is 5.69 Å². The third-order valence-corrected chi connectivity index (χ3v) is 5.72. The van der Waals surface area contributed by atoms with E-state index < -0.39 is 11.0 Å². The Hall–Kier alpha value is -1.92. The molecule has 0 saturated carbocycles. The number of rotatable bonds is 14. The topological polar surface area (TPSA) is 72.6 Å². The highest BCUT2D eigenvalue weighted by atomic mass is 16.6. The predicted molar refractivity (Wildman–Crippen MR) is 118 cm³/mol. The van der Waals surface area contributed by atoms with Gasteiger partial charge in [-0.25, -0.2) is 0 Å². The highest BCUT2D eigenvalue weighted by Crippen LogP contribution is 2.20. The number of benzene rings is 1. The lowest BCUT2D eigenvalue weighted by atomic mass is 9.99. The minimum absolute atomic E-state index is 0.00802. The Kier molecular flexibility index (Phi) is 10.9. The average molecular weight is 408 g/mol. The number of nitro benzene ring substituents is 1. The Morgan fingerprint density at radius 2 is 1.97 bits per heavy atom. The first-order valence-electron chi connectivity index (χ1n) is 10.7. The van der Waals surface area contributed by atoms with E-state index in [0.717, 1.165) is 37.0 Å². The number of likely N-dealkylation sites (N-methyl/N-ethyl adjacent to an activating group) is 1. The van der Waals surface area contributed by atoms with Crippen molar-refractivity contribution in [2.45, 2.75) is 60.0 Å². The molecule has 0 aliphatic heterocycles. The van der Waals surface area contributed by atoms with E-state index in [1.165, 1.54) is 24.1 Å². The molecule has 0 radical (unpaired) electrons. The summed E-state index contributed by atoms with van der Waals surface area (Å²) in [4.78, 5) is 10.4. The molecule has 0 heterocycles. The molecule has 29 heavy (non-hydrogen) atoms. The van der Waals surface area contributed by atoms with Crippen LogP contribution in [0.1, 0.15) is 53.9 Å². The fourth-order valence-corrected chi connectivity index (χ4v) is 3.56. The maximum Gasteiger partial charge on any atom is 0.273 e. The van der Waals surface area contributed by atoms with E-state index in [1.54, 1.807) is 12.1 Å². The van der Waals surface area contributed by atoms with Crippen LogP contribution in [0.15, 0.2) is 35.9 Å². The molecule has 0 spiro atoms. The molecule has 1 aromatic carbocycles. The molecule has 0 amide bonds. The van der Waals surface area contributed by atoms with Gasteiger partial charge in [-0.1, -0.05) is 24.6 Å². The van der Waals surface area contributed by atoms with Crippen molar-refractivity contribution in [3.8, 4) is 5.75 Å². The third kappa shape index (κ3) is 9.41. The van der Waals surface area contributed by atoms with Gasteiger partial charge in [0, 0.05) is 6.07 Å². The molecule has 1 N–H and O–H groups in total. The van der Waals surface area contributed by atoms with Crippen molar-refractivity contribution >= 4 is 5.69 Å². The molecule has 0 saturated heterocycles. The minimum Gasteiger partial charge on any atom is -0.490 e. The number of non-ortho nitro benzene ring substituents is 1. The van der Waals surface area contributed by atoms with E-state index in [2.05, 4.69) is 40.7 Å². The Bertz CT molecular complexity index is 652. The zero-order valence-electron chi connectivity index (χ0n) is 18.8. The van der Waals surface area contributed by atoms with Crippen LogP contribution in [-0.4, -0.2) is 53.4 Å². The Labute approximate surface area is 175 Å². The van der Waals surface area contributed by atoms with Crippen LogP contribution < -0.4 is 4.74 Å². The van der Waals surface area contributed by atoms with Gasteiger partial charge < -0.3 is 14.3 Å². The Morgan fingerprint density at radius 1 is 1.28 bits per heavy atom. The summed E-state index contributed by atoms with van der Waals surface area (Å²) in [6.45, 7) is 14.7. The molecule has 2 unspecified atom stereocenters. The minimum atomic E-state index is -0.616. The Morgan fingerprint density at radius 3 is 2.55 bits per heavy atom. The smallest absolute Gasteiger partial charge is 0.273 e. The number of quaternary nitrogens is 1. The summed E-state index contributed by atoms with van der Waals surface area (Å²) in [7, 11) is 0. The third-order valence-electron chi connectivity index (χ3n) is 5.72. The van der Waals surface area contributed by atoms with Crippen LogP contribution in [0, 0.1) is 16.0 Å². The highest BCUT2D eigenvalue weighted by molar-refractivity contribution is 5.37. The lowest BCUT2D eigenvalue weighted by Crippen LogP contribution is -2.53. The highest BCUT2D eigenvalue weighted by Gasteiger charge is 2.27. The fourth-order valence-electron chi connectivity index (χ4n) is 3.56. The standard InChI is InChI=1S/C23H39N2O4/c1-6-25(7-2,15-14-20(5)11-8-10-19(3)4)17-22(26)18-29-23-13-9-12-21(16-23)24(27)28/h9-10,12-13,16,20,22,26H,6-8,11,14-15,17-18H2,1-5H3/q+1. The summed E-state index contributed by atoms with van der Waals surface area (Å²) >= 11 is 0. The number of hydrogen-bond donors (Lipinski definition) is 1. The molecule has 6 heteroatoms. The largest absolute Gasteiger partial charge is 0.490 e. The molecule has 164 valence electrons. The zero-order valence-corrected chi connectivity index (χ0v) is 18.8. The maximum absolute atomic E-state index is 10.9. The first kappa shape index (κ1) is 25.1. The van der Waals surface area contributed by atoms with Gasteiger partial charge in [-0.2, -0.15) is 0 Å². The zero-order chi connectivity index (χ0) is 21.9. The summed E-state index contributed by atoms with van der Waals surface area (Å²) < 4.78 is 6.48. The van der Waals surface area contributed by atoms with Gasteiger partial charge in [0.15, 0.2) is 0 Å². The number of nitro groups is 1. The molecule has 1 rings (SSSR count). The second kappa shape index (κ2) is 12.6. The summed E-state index contributed by atoms with van der Waals surface area (Å²) in [6.07, 6.45) is 5.14. The Balaban J connectivity index is 2.56. The first-order valence-corrected chi connectivity index (χ1v) is 10.7. The van der Waals surface area contributed by atoms with E-state index in [0.29, 0.717) is 18.2 Å². The van der Waals surface area contributed by atoms with Gasteiger partial charge in [0.05, 0.1) is 30.6 Å². The second-order valence-corrected chi connectivity index (χ2v) is 8.35. The molecule has 0 aliphatic rings. The molecule has 0 fully saturated rings. The second-order valence-electron chi connectivity index (χ2n) is 8.35. The van der Waals surface area contributed by atoms with Gasteiger partial charge in [-0.15, -0.1) is 0 Å². The molecule has 0 aliphatic carbocycles. The molecule has 1 aromatic rings. The van der Waals surface area contributed by atoms with Crippen molar-refractivity contribution in [2.24, 2.45) is 5.92 Å². The van der Waals surface area contributed by atoms with Gasteiger partial charge in [-0.3, -0.25) is 10.1 Å². The van der Waals surface area contributed by atoms with Crippen molar-refractivity contribution in [3.63, 3.8) is 0 Å². The summed E-state index contributed by atoms with van der Waals surface area (Å²) in [5.41, 5.74) is 1.36. The molecule has 2 atom stereocenters. The molecular formula is C23H39N2O4+. The summed E-state index contributed by atoms with van der Waals surface area (Å²) in [5, 5.41) is 21.4. The number of allylic oxidation sites excluding steroid dienone is 2. The number of aliphatic hydroxyl groups is 1.